The maximum atomic E-state index is 12.3. The van der Waals surface area contributed by atoms with Crippen molar-refractivity contribution in [2.24, 2.45) is 0 Å². The minimum atomic E-state index is -3.15. The topological polar surface area (TPSA) is 66.4 Å². The Labute approximate surface area is 188 Å². The molecule has 0 bridgehead atoms. The maximum absolute atomic E-state index is 12.3. The number of rotatable bonds is 5. The molecule has 0 saturated carbocycles. The number of hydrogen-bond donors (Lipinski definition) is 0. The molecule has 1 saturated heterocycles. The molecule has 3 heterocycles. The molecule has 8 heteroatoms. The molecule has 6 nitrogen and oxygen atoms in total. The summed E-state index contributed by atoms with van der Waals surface area (Å²) in [5.41, 5.74) is 2.63. The molecule has 31 heavy (non-hydrogen) atoms. The minimum Gasteiger partial charge on any atom is -0.353 e. The van der Waals surface area contributed by atoms with E-state index in [9.17, 15) is 8.42 Å². The zero-order valence-electron chi connectivity index (χ0n) is 17.9. The zero-order valence-corrected chi connectivity index (χ0v) is 19.5. The summed E-state index contributed by atoms with van der Waals surface area (Å²) in [5.74, 6) is 2.00. The number of hydrogen-bond acceptors (Lipinski definition) is 6. The molecule has 0 spiro atoms. The highest BCUT2D eigenvalue weighted by molar-refractivity contribution is 7.89. The molecule has 164 valence electrons. The first-order chi connectivity index (χ1) is 15.0. The SMILES string of the molecule is CCS(=O)(=O)N1CCN(c2nc(Cc3ccccc3)nc3sc4c(c23)CCCC4)CC1. The average molecular weight is 457 g/mol. The lowest BCUT2D eigenvalue weighted by Crippen LogP contribution is -2.49. The van der Waals surface area contributed by atoms with Crippen LogP contribution >= 0.6 is 11.3 Å². The Morgan fingerprint density at radius 3 is 2.48 bits per heavy atom. The van der Waals surface area contributed by atoms with Crippen LogP contribution in [0, 0.1) is 0 Å². The summed E-state index contributed by atoms with van der Waals surface area (Å²) in [4.78, 5) is 14.9. The van der Waals surface area contributed by atoms with Gasteiger partial charge in [-0.2, -0.15) is 4.31 Å². The smallest absolute Gasteiger partial charge is 0.213 e. The Bertz CT molecular complexity index is 1180. The monoisotopic (exact) mass is 456 g/mol. The number of fused-ring (bicyclic) bond motifs is 3. The molecule has 2 aliphatic rings. The van der Waals surface area contributed by atoms with E-state index < -0.39 is 10.0 Å². The summed E-state index contributed by atoms with van der Waals surface area (Å²) < 4.78 is 26.2. The fourth-order valence-electron chi connectivity index (χ4n) is 4.63. The van der Waals surface area contributed by atoms with Gasteiger partial charge >= 0.3 is 0 Å². The summed E-state index contributed by atoms with van der Waals surface area (Å²) >= 11 is 1.83. The van der Waals surface area contributed by atoms with Crippen molar-refractivity contribution in [1.82, 2.24) is 14.3 Å². The lowest BCUT2D eigenvalue weighted by Gasteiger charge is -2.35. The van der Waals surface area contributed by atoms with Crippen molar-refractivity contribution < 1.29 is 8.42 Å². The minimum absolute atomic E-state index is 0.157. The van der Waals surface area contributed by atoms with Gasteiger partial charge in [0.1, 0.15) is 16.5 Å². The van der Waals surface area contributed by atoms with Gasteiger partial charge in [-0.15, -0.1) is 11.3 Å². The van der Waals surface area contributed by atoms with E-state index in [2.05, 4.69) is 17.0 Å². The summed E-state index contributed by atoms with van der Waals surface area (Å²) in [6.07, 6.45) is 5.39. The van der Waals surface area contributed by atoms with Crippen LogP contribution in [0.1, 0.15) is 41.6 Å². The summed E-state index contributed by atoms with van der Waals surface area (Å²) in [5, 5.41) is 1.21. The van der Waals surface area contributed by atoms with E-state index >= 15 is 0 Å². The van der Waals surface area contributed by atoms with Gasteiger partial charge in [-0.25, -0.2) is 18.4 Å². The number of anilines is 1. The average Bonchev–Trinajstić information content (AvgIpc) is 3.18. The molecule has 0 N–H and O–H groups in total. The fourth-order valence-corrected chi connectivity index (χ4v) is 6.99. The van der Waals surface area contributed by atoms with Crippen molar-refractivity contribution in [3.63, 3.8) is 0 Å². The predicted molar refractivity (Wildman–Crippen MR) is 127 cm³/mol. The van der Waals surface area contributed by atoms with E-state index in [1.54, 1.807) is 11.2 Å². The van der Waals surface area contributed by atoms with E-state index in [4.69, 9.17) is 9.97 Å². The van der Waals surface area contributed by atoms with Gasteiger partial charge in [-0.3, -0.25) is 0 Å². The Hall–Kier alpha value is -2.03. The zero-order chi connectivity index (χ0) is 21.4. The predicted octanol–water partition coefficient (Wildman–Crippen LogP) is 3.63. The third kappa shape index (κ3) is 4.08. The molecule has 0 radical (unpaired) electrons. The molecule has 2 aromatic heterocycles. The quantitative estimate of drug-likeness (QED) is 0.587. The molecule has 5 rings (SSSR count). The van der Waals surface area contributed by atoms with Crippen LogP contribution in [-0.4, -0.2) is 54.6 Å². The van der Waals surface area contributed by atoms with E-state index in [1.165, 1.54) is 34.2 Å². The second-order valence-corrected chi connectivity index (χ2v) is 11.6. The molecular formula is C23H28N4O2S2. The van der Waals surface area contributed by atoms with Crippen molar-refractivity contribution in [1.29, 1.82) is 0 Å². The number of thiophene rings is 1. The highest BCUT2D eigenvalue weighted by atomic mass is 32.2. The lowest BCUT2D eigenvalue weighted by atomic mass is 9.97. The number of aryl methyl sites for hydroxylation is 2. The van der Waals surface area contributed by atoms with E-state index in [0.717, 1.165) is 29.3 Å². The van der Waals surface area contributed by atoms with Gasteiger partial charge in [0.15, 0.2) is 0 Å². The van der Waals surface area contributed by atoms with Crippen molar-refractivity contribution in [3.05, 3.63) is 52.2 Å². The molecule has 3 aromatic rings. The van der Waals surface area contributed by atoms with Gasteiger partial charge in [-0.05, 0) is 43.7 Å². The molecular weight excluding hydrogens is 428 g/mol. The summed E-state index contributed by atoms with van der Waals surface area (Å²) in [7, 11) is -3.15. The van der Waals surface area contributed by atoms with Crippen LogP contribution < -0.4 is 4.90 Å². The molecule has 1 aliphatic carbocycles. The van der Waals surface area contributed by atoms with E-state index in [1.807, 2.05) is 29.5 Å². The third-order valence-corrected chi connectivity index (χ3v) is 9.41. The normalized spacial score (nSPS) is 17.8. The Morgan fingerprint density at radius 2 is 1.74 bits per heavy atom. The van der Waals surface area contributed by atoms with Crippen molar-refractivity contribution in [3.8, 4) is 0 Å². The van der Waals surface area contributed by atoms with Gasteiger partial charge in [0.05, 0.1) is 11.1 Å². The highest BCUT2D eigenvalue weighted by Gasteiger charge is 2.29. The number of piperazine rings is 1. The number of sulfonamides is 1. The summed E-state index contributed by atoms with van der Waals surface area (Å²) in [6, 6.07) is 10.3. The second kappa shape index (κ2) is 8.48. The Kier molecular flexibility index (Phi) is 5.71. The second-order valence-electron chi connectivity index (χ2n) is 8.30. The van der Waals surface area contributed by atoms with Crippen LogP contribution in [0.2, 0.25) is 0 Å². The van der Waals surface area contributed by atoms with Crippen molar-refractivity contribution in [2.75, 3.05) is 36.8 Å². The highest BCUT2D eigenvalue weighted by Crippen LogP contribution is 2.40. The van der Waals surface area contributed by atoms with Crippen molar-refractivity contribution >= 4 is 37.4 Å². The van der Waals surface area contributed by atoms with Gasteiger partial charge in [-0.1, -0.05) is 30.3 Å². The van der Waals surface area contributed by atoms with Crippen LogP contribution in [0.15, 0.2) is 30.3 Å². The number of aromatic nitrogens is 2. The van der Waals surface area contributed by atoms with Crippen molar-refractivity contribution in [2.45, 2.75) is 39.0 Å². The van der Waals surface area contributed by atoms with Crippen LogP contribution in [0.4, 0.5) is 5.82 Å². The maximum Gasteiger partial charge on any atom is 0.213 e. The molecule has 0 unspecified atom stereocenters. The molecule has 1 fully saturated rings. The number of nitrogens with zero attached hydrogens (tertiary/aromatic N) is 4. The largest absolute Gasteiger partial charge is 0.353 e. The Morgan fingerprint density at radius 1 is 1.00 bits per heavy atom. The van der Waals surface area contributed by atoms with E-state index in [0.29, 0.717) is 32.6 Å². The molecule has 1 aliphatic heterocycles. The van der Waals surface area contributed by atoms with Gasteiger partial charge in [0.2, 0.25) is 10.0 Å². The standard InChI is InChI=1S/C23H28N4O2S2/c1-2-31(28,29)27-14-12-26(13-15-27)22-21-18-10-6-7-11-19(18)30-23(21)25-20(24-22)16-17-8-4-3-5-9-17/h3-5,8-9H,2,6-7,10-16H2,1H3. The first-order valence-corrected chi connectivity index (χ1v) is 13.6. The van der Waals surface area contributed by atoms with Gasteiger partial charge in [0.25, 0.3) is 0 Å². The Balaban J connectivity index is 1.53. The first-order valence-electron chi connectivity index (χ1n) is 11.1. The molecule has 0 atom stereocenters. The van der Waals surface area contributed by atoms with Crippen LogP contribution in [-0.2, 0) is 29.3 Å². The van der Waals surface area contributed by atoms with Crippen LogP contribution in [0.25, 0.3) is 10.2 Å². The van der Waals surface area contributed by atoms with E-state index in [-0.39, 0.29) is 5.75 Å². The number of benzene rings is 1. The molecule has 0 amide bonds. The van der Waals surface area contributed by atoms with Gasteiger partial charge in [0, 0.05) is 37.5 Å². The lowest BCUT2D eigenvalue weighted by molar-refractivity contribution is 0.384. The molecule has 1 aromatic carbocycles. The fraction of sp³-hybridized carbons (Fsp3) is 0.478. The van der Waals surface area contributed by atoms with Crippen LogP contribution in [0.5, 0.6) is 0 Å². The first kappa shape index (κ1) is 20.8. The van der Waals surface area contributed by atoms with Crippen LogP contribution in [0.3, 0.4) is 0 Å². The van der Waals surface area contributed by atoms with Gasteiger partial charge < -0.3 is 4.90 Å². The third-order valence-electron chi connectivity index (χ3n) is 6.34. The summed E-state index contributed by atoms with van der Waals surface area (Å²) in [6.45, 7) is 4.08.